The fourth-order valence-electron chi connectivity index (χ4n) is 1.78. The smallest absolute Gasteiger partial charge is 0.409 e. The molecule has 0 radical (unpaired) electrons. The van der Waals surface area contributed by atoms with Crippen molar-refractivity contribution in [2.75, 3.05) is 16.3 Å². The lowest BCUT2D eigenvalue weighted by atomic mass is 10.1. The number of aromatic nitrogens is 1. The summed E-state index contributed by atoms with van der Waals surface area (Å²) in [6.07, 6.45) is -0.406. The third-order valence-electron chi connectivity index (χ3n) is 2.61. The van der Waals surface area contributed by atoms with Crippen LogP contribution in [-0.2, 0) is 10.0 Å². The van der Waals surface area contributed by atoms with Crippen LogP contribution in [0.3, 0.4) is 0 Å². The Kier molecular flexibility index (Phi) is 4.04. The molecule has 0 saturated heterocycles. The number of anilines is 2. The molecular formula is C12H12FN3O5S. The first-order chi connectivity index (χ1) is 10.2. The van der Waals surface area contributed by atoms with E-state index in [0.29, 0.717) is 0 Å². The highest BCUT2D eigenvalue weighted by Gasteiger charge is 2.20. The van der Waals surface area contributed by atoms with Gasteiger partial charge in [0.15, 0.2) is 5.76 Å². The van der Waals surface area contributed by atoms with Crippen LogP contribution in [0.4, 0.5) is 20.6 Å². The number of hydrogen-bond acceptors (Lipinski definition) is 5. The van der Waals surface area contributed by atoms with E-state index in [0.717, 1.165) is 12.3 Å². The molecule has 8 nitrogen and oxygen atoms in total. The highest BCUT2D eigenvalue weighted by molar-refractivity contribution is 7.92. The van der Waals surface area contributed by atoms with Crippen LogP contribution in [-0.4, -0.2) is 31.0 Å². The summed E-state index contributed by atoms with van der Waals surface area (Å²) in [5.41, 5.74) is 0.251. The maximum Gasteiger partial charge on any atom is 0.409 e. The molecule has 0 fully saturated rings. The number of sulfonamides is 1. The lowest BCUT2D eigenvalue weighted by Gasteiger charge is -2.07. The second kappa shape index (κ2) is 5.64. The summed E-state index contributed by atoms with van der Waals surface area (Å²) in [6.45, 7) is 1.50. The second-order valence-electron chi connectivity index (χ2n) is 4.47. The zero-order chi connectivity index (χ0) is 16.5. The fourth-order valence-corrected chi connectivity index (χ4v) is 2.34. The summed E-state index contributed by atoms with van der Waals surface area (Å²) in [5.74, 6) is -0.887. The summed E-state index contributed by atoms with van der Waals surface area (Å²) in [4.78, 5) is 10.7. The second-order valence-corrected chi connectivity index (χ2v) is 6.22. The molecule has 1 heterocycles. The zero-order valence-electron chi connectivity index (χ0n) is 11.5. The highest BCUT2D eigenvalue weighted by atomic mass is 32.2. The maximum atomic E-state index is 14.1. The lowest BCUT2D eigenvalue weighted by molar-refractivity contribution is 0.209. The quantitative estimate of drug-likeness (QED) is 0.791. The highest BCUT2D eigenvalue weighted by Crippen LogP contribution is 2.33. The van der Waals surface area contributed by atoms with Crippen LogP contribution in [0, 0.1) is 12.7 Å². The van der Waals surface area contributed by atoms with Crippen LogP contribution in [0.1, 0.15) is 5.69 Å². The van der Waals surface area contributed by atoms with E-state index in [4.69, 9.17) is 9.63 Å². The van der Waals surface area contributed by atoms with E-state index in [1.807, 2.05) is 0 Å². The number of carboxylic acid groups (broad SMARTS) is 1. The fraction of sp³-hybridized carbons (Fsp3) is 0.167. The van der Waals surface area contributed by atoms with Gasteiger partial charge in [0.1, 0.15) is 17.2 Å². The molecule has 1 aromatic carbocycles. The van der Waals surface area contributed by atoms with Crippen molar-refractivity contribution in [3.05, 3.63) is 29.7 Å². The molecule has 2 aromatic rings. The maximum absolute atomic E-state index is 14.1. The van der Waals surface area contributed by atoms with Crippen LogP contribution in [0.25, 0.3) is 11.3 Å². The number of halogens is 1. The van der Waals surface area contributed by atoms with Gasteiger partial charge in [0.25, 0.3) is 0 Å². The van der Waals surface area contributed by atoms with Gasteiger partial charge < -0.3 is 9.63 Å². The molecule has 0 aliphatic carbocycles. The van der Waals surface area contributed by atoms with E-state index in [2.05, 4.69) is 15.2 Å². The Bertz CT molecular complexity index is 831. The van der Waals surface area contributed by atoms with Gasteiger partial charge >= 0.3 is 6.09 Å². The number of amides is 1. The molecular weight excluding hydrogens is 317 g/mol. The molecule has 0 saturated carbocycles. The van der Waals surface area contributed by atoms with E-state index < -0.39 is 21.9 Å². The minimum Gasteiger partial charge on any atom is -0.465 e. The van der Waals surface area contributed by atoms with E-state index in [9.17, 15) is 17.6 Å². The average molecular weight is 329 g/mol. The number of nitrogens with zero attached hydrogens (tertiary/aromatic N) is 1. The molecule has 10 heteroatoms. The van der Waals surface area contributed by atoms with Crippen LogP contribution < -0.4 is 10.0 Å². The van der Waals surface area contributed by atoms with Crippen LogP contribution in [0.15, 0.2) is 22.7 Å². The largest absolute Gasteiger partial charge is 0.465 e. The summed E-state index contributed by atoms with van der Waals surface area (Å²) >= 11 is 0. The predicted molar refractivity (Wildman–Crippen MR) is 76.7 cm³/mol. The van der Waals surface area contributed by atoms with Crippen molar-refractivity contribution in [3.8, 4) is 11.3 Å². The van der Waals surface area contributed by atoms with Crippen molar-refractivity contribution in [3.63, 3.8) is 0 Å². The number of hydrogen-bond donors (Lipinski definition) is 3. The van der Waals surface area contributed by atoms with E-state index in [-0.39, 0.29) is 28.4 Å². The van der Waals surface area contributed by atoms with E-state index in [1.165, 1.54) is 19.1 Å². The molecule has 0 atom stereocenters. The Labute approximate surface area is 125 Å². The van der Waals surface area contributed by atoms with Gasteiger partial charge in [-0.05, 0) is 25.1 Å². The molecule has 3 N–H and O–H groups in total. The summed E-state index contributed by atoms with van der Waals surface area (Å²) in [6, 6.07) is 3.54. The zero-order valence-corrected chi connectivity index (χ0v) is 12.4. The first-order valence-corrected chi connectivity index (χ1v) is 7.80. The van der Waals surface area contributed by atoms with Crippen molar-refractivity contribution >= 4 is 27.5 Å². The van der Waals surface area contributed by atoms with Crippen molar-refractivity contribution in [2.24, 2.45) is 0 Å². The molecule has 1 aromatic heterocycles. The number of carbonyl (C=O) groups is 1. The minimum atomic E-state index is -3.53. The Hall–Kier alpha value is -2.62. The normalized spacial score (nSPS) is 11.2. The van der Waals surface area contributed by atoms with Crippen molar-refractivity contribution in [1.82, 2.24) is 5.16 Å². The topological polar surface area (TPSA) is 122 Å². The molecule has 2 rings (SSSR count). The van der Waals surface area contributed by atoms with E-state index >= 15 is 0 Å². The standard InChI is InChI=1S/C12H12FN3O5S/c1-6-10(14-12(17)18)11(21-15-6)8-4-3-7(5-9(8)13)16-22(2,19)20/h3-5,14,16H,1-2H3,(H,17,18). The third kappa shape index (κ3) is 3.52. The van der Waals surface area contributed by atoms with E-state index in [1.54, 1.807) is 0 Å². The average Bonchev–Trinajstić information content (AvgIpc) is 2.69. The molecule has 0 aliphatic heterocycles. The molecule has 1 amide bonds. The molecule has 118 valence electrons. The van der Waals surface area contributed by atoms with Gasteiger partial charge in [-0.2, -0.15) is 0 Å². The molecule has 0 aliphatic rings. The first kappa shape index (κ1) is 15.8. The Balaban J connectivity index is 2.44. The van der Waals surface area contributed by atoms with Crippen molar-refractivity contribution < 1.29 is 27.2 Å². The number of nitrogens with one attached hydrogen (secondary N) is 2. The molecule has 0 bridgehead atoms. The van der Waals surface area contributed by atoms with Crippen molar-refractivity contribution in [2.45, 2.75) is 6.92 Å². The van der Waals surface area contributed by atoms with Crippen LogP contribution >= 0.6 is 0 Å². The van der Waals surface area contributed by atoms with Gasteiger partial charge in [-0.15, -0.1) is 0 Å². The number of benzene rings is 1. The van der Waals surface area contributed by atoms with Gasteiger partial charge in [0, 0.05) is 0 Å². The van der Waals surface area contributed by atoms with Gasteiger partial charge in [0.05, 0.1) is 17.5 Å². The van der Waals surface area contributed by atoms with Gasteiger partial charge in [-0.1, -0.05) is 5.16 Å². The third-order valence-corrected chi connectivity index (χ3v) is 3.22. The Morgan fingerprint density at radius 3 is 2.64 bits per heavy atom. The SMILES string of the molecule is Cc1noc(-c2ccc(NS(C)(=O)=O)cc2F)c1NC(=O)O. The minimum absolute atomic E-state index is 0.0234. The number of aryl methyl sites for hydroxylation is 1. The monoisotopic (exact) mass is 329 g/mol. The Morgan fingerprint density at radius 1 is 1.41 bits per heavy atom. The van der Waals surface area contributed by atoms with Gasteiger partial charge in [-0.3, -0.25) is 10.0 Å². The Morgan fingerprint density at radius 2 is 2.09 bits per heavy atom. The van der Waals surface area contributed by atoms with Crippen molar-refractivity contribution in [1.29, 1.82) is 0 Å². The van der Waals surface area contributed by atoms with Crippen LogP contribution in [0.5, 0.6) is 0 Å². The summed E-state index contributed by atoms with van der Waals surface area (Å²) < 4.78 is 43.4. The molecule has 22 heavy (non-hydrogen) atoms. The van der Waals surface area contributed by atoms with Gasteiger partial charge in [0.2, 0.25) is 10.0 Å². The summed E-state index contributed by atoms with van der Waals surface area (Å²) in [7, 11) is -3.53. The molecule has 0 unspecified atom stereocenters. The summed E-state index contributed by atoms with van der Waals surface area (Å²) in [5, 5.41) is 14.4. The lowest BCUT2D eigenvalue weighted by Crippen LogP contribution is -2.10. The van der Waals surface area contributed by atoms with Crippen LogP contribution in [0.2, 0.25) is 0 Å². The number of rotatable bonds is 4. The predicted octanol–water partition coefficient (Wildman–Crippen LogP) is 2.25. The van der Waals surface area contributed by atoms with Gasteiger partial charge in [-0.25, -0.2) is 17.6 Å². The molecule has 0 spiro atoms. The first-order valence-electron chi connectivity index (χ1n) is 5.91.